The molecule has 0 amide bonds. The van der Waals surface area contributed by atoms with Gasteiger partial charge >= 0.3 is 19.5 Å². The zero-order valence-corrected chi connectivity index (χ0v) is 25.0. The molecule has 0 heterocycles. The van der Waals surface area contributed by atoms with Gasteiger partial charge in [-0.2, -0.15) is 0 Å². The molecule has 3 aromatic carbocycles. The molecule has 7 heteroatoms. The predicted octanol–water partition coefficient (Wildman–Crippen LogP) is 4.88. The summed E-state index contributed by atoms with van der Waals surface area (Å²) in [5, 5.41) is 0. The molecule has 38 heavy (non-hydrogen) atoms. The van der Waals surface area contributed by atoms with Gasteiger partial charge in [0.25, 0.3) is 0 Å². The van der Waals surface area contributed by atoms with Crippen LogP contribution < -0.4 is 12.4 Å². The maximum Gasteiger partial charge on any atom is 3.00 e. The van der Waals surface area contributed by atoms with E-state index in [1.54, 1.807) is 24.3 Å². The van der Waals surface area contributed by atoms with Crippen molar-refractivity contribution < 1.29 is 40.3 Å². The van der Waals surface area contributed by atoms with Crippen molar-refractivity contribution in [2.45, 2.75) is 44.7 Å². The van der Waals surface area contributed by atoms with Gasteiger partial charge in [0.05, 0.1) is 5.57 Å². The number of aryl methyl sites for hydroxylation is 1. The molecule has 4 rings (SSSR count). The zero-order chi connectivity index (χ0) is 26.1. The van der Waals surface area contributed by atoms with E-state index in [0.717, 1.165) is 22.3 Å². The fraction of sp³-hybridized carbons (Fsp3) is 0.226. The second-order valence-corrected chi connectivity index (χ2v) is 10.5. The third-order valence-corrected chi connectivity index (χ3v) is 6.91. The van der Waals surface area contributed by atoms with Crippen LogP contribution in [-0.4, -0.2) is 8.42 Å². The number of rotatable bonds is 7. The Labute approximate surface area is 246 Å². The Morgan fingerprint density at radius 1 is 0.763 bits per heavy atom. The summed E-state index contributed by atoms with van der Waals surface area (Å²) in [7, 11) is -3.87. The van der Waals surface area contributed by atoms with E-state index in [2.05, 4.69) is 41.9 Å². The van der Waals surface area contributed by atoms with Crippen LogP contribution in [0.1, 0.15) is 49.5 Å². The minimum absolute atomic E-state index is 0. The van der Waals surface area contributed by atoms with Gasteiger partial charge in [-0.15, -0.1) is 12.1 Å². The van der Waals surface area contributed by atoms with E-state index in [0.29, 0.717) is 11.5 Å². The van der Waals surface area contributed by atoms with Crippen molar-refractivity contribution in [1.29, 1.82) is 0 Å². The van der Waals surface area contributed by atoms with Crippen molar-refractivity contribution in [3.63, 3.8) is 0 Å². The van der Waals surface area contributed by atoms with Crippen LogP contribution in [0.3, 0.4) is 0 Å². The standard InChI is InChI=1S/C21H20N2O2S.C10H10.ClH.Ru/c1-16-12-14-19(15-13-16)26(24,25)23-21(18-10-6-3-7-11-18)20(22)17-8-4-2-5-9-17;1-8(2)10-6-4-9(3)5-7-10;;/h2-15,20-22H,1H3;8H,1-3H3;1H;/q-2;;;+3/p-1. The molecule has 197 valence electrons. The van der Waals surface area contributed by atoms with Gasteiger partial charge in [-0.3, -0.25) is 0 Å². The minimum Gasteiger partial charge on any atom is -1.00 e. The number of halogens is 1. The van der Waals surface area contributed by atoms with Crippen LogP contribution in [0.15, 0.2) is 112 Å². The first kappa shape index (κ1) is 33.3. The van der Waals surface area contributed by atoms with Crippen LogP contribution in [0.2, 0.25) is 0 Å². The summed E-state index contributed by atoms with van der Waals surface area (Å²) in [6, 6.07) is 23.3. The minimum atomic E-state index is -3.87. The molecule has 3 aromatic rings. The first-order valence-electron chi connectivity index (χ1n) is 11.8. The molecule has 1 radical (unpaired) electrons. The van der Waals surface area contributed by atoms with E-state index in [9.17, 15) is 8.42 Å². The van der Waals surface area contributed by atoms with Crippen molar-refractivity contribution in [2.24, 2.45) is 5.92 Å². The van der Waals surface area contributed by atoms with Crippen LogP contribution >= 0.6 is 0 Å². The number of hydrogen-bond donors (Lipinski definition) is 0. The molecule has 0 spiro atoms. The van der Waals surface area contributed by atoms with Crippen molar-refractivity contribution in [3.05, 3.63) is 135 Å². The number of nitrogens with one attached hydrogen (secondary N) is 1. The average Bonchev–Trinajstić information content (AvgIpc) is 2.89. The van der Waals surface area contributed by atoms with Crippen LogP contribution in [0.25, 0.3) is 10.5 Å². The number of allylic oxidation sites excluding steroid dienone is 2. The molecule has 2 atom stereocenters. The van der Waals surface area contributed by atoms with Crippen LogP contribution in [0, 0.1) is 24.7 Å². The average molecular weight is 631 g/mol. The van der Waals surface area contributed by atoms with Gasteiger partial charge < -0.3 is 22.9 Å². The Morgan fingerprint density at radius 3 is 1.76 bits per heavy atom. The summed E-state index contributed by atoms with van der Waals surface area (Å²) in [6.45, 7) is 8.06. The van der Waals surface area contributed by atoms with E-state index in [1.807, 2.05) is 74.5 Å². The fourth-order valence-electron chi connectivity index (χ4n) is 3.40. The van der Waals surface area contributed by atoms with Gasteiger partial charge in [0.1, 0.15) is 10.0 Å². The zero-order valence-electron chi connectivity index (χ0n) is 21.7. The molecular weight excluding hydrogens is 601 g/mol. The normalized spacial score (nSPS) is 13.2. The molecule has 2 unspecified atom stereocenters. The van der Waals surface area contributed by atoms with Gasteiger partial charge in [-0.25, -0.2) is 8.42 Å². The quantitative estimate of drug-likeness (QED) is 0.212. The molecule has 0 fully saturated rings. The van der Waals surface area contributed by atoms with Crippen molar-refractivity contribution in [2.75, 3.05) is 0 Å². The summed E-state index contributed by atoms with van der Waals surface area (Å²) in [5.41, 5.74) is 19.1. The summed E-state index contributed by atoms with van der Waals surface area (Å²) >= 11 is 0. The first-order chi connectivity index (χ1) is 17.2. The van der Waals surface area contributed by atoms with E-state index < -0.39 is 22.1 Å². The third kappa shape index (κ3) is 9.56. The van der Waals surface area contributed by atoms with E-state index in [1.165, 1.54) is 0 Å². The summed E-state index contributed by atoms with van der Waals surface area (Å²) in [4.78, 5) is 0.143. The van der Waals surface area contributed by atoms with Gasteiger partial charge in [0.2, 0.25) is 0 Å². The van der Waals surface area contributed by atoms with Gasteiger partial charge in [0.15, 0.2) is 0 Å². The molecule has 0 saturated carbocycles. The molecule has 1 N–H and O–H groups in total. The largest absolute Gasteiger partial charge is 3.00 e. The number of benzene rings is 3. The molecule has 4 nitrogen and oxygen atoms in total. The second-order valence-electron chi connectivity index (χ2n) is 8.83. The summed E-state index contributed by atoms with van der Waals surface area (Å²) in [5.74, 6) is 6.47. The van der Waals surface area contributed by atoms with Gasteiger partial charge in [-0.05, 0) is 31.9 Å². The first-order valence-corrected chi connectivity index (χ1v) is 13.2. The number of sulfonamides is 1. The van der Waals surface area contributed by atoms with E-state index >= 15 is 0 Å². The predicted molar refractivity (Wildman–Crippen MR) is 147 cm³/mol. The monoisotopic (exact) mass is 631 g/mol. The molecule has 0 aliphatic heterocycles. The Kier molecular flexibility index (Phi) is 13.7. The van der Waals surface area contributed by atoms with Crippen LogP contribution in [0.4, 0.5) is 0 Å². The molecule has 1 aliphatic carbocycles. The van der Waals surface area contributed by atoms with Crippen molar-refractivity contribution in [1.82, 2.24) is 0 Å². The maximum atomic E-state index is 12.8. The van der Waals surface area contributed by atoms with Crippen molar-refractivity contribution >= 4 is 10.0 Å². The van der Waals surface area contributed by atoms with Crippen LogP contribution in [-0.2, 0) is 29.5 Å². The fourth-order valence-corrected chi connectivity index (χ4v) is 4.55. The smallest absolute Gasteiger partial charge is 1.00 e. The van der Waals surface area contributed by atoms with E-state index in [-0.39, 0.29) is 36.8 Å². The van der Waals surface area contributed by atoms with Crippen LogP contribution in [0.5, 0.6) is 0 Å². The Morgan fingerprint density at radius 2 is 1.29 bits per heavy atom. The Bertz CT molecular complexity index is 1450. The molecule has 0 bridgehead atoms. The topological polar surface area (TPSA) is 72.0 Å². The van der Waals surface area contributed by atoms with Crippen molar-refractivity contribution in [3.8, 4) is 11.8 Å². The Hall–Kier alpha value is -2.70. The Balaban J connectivity index is 0.000000511. The third-order valence-electron chi connectivity index (χ3n) is 5.53. The SMILES string of the molecule is CC1=C=C=C(C(C)C)C#C1.Cc1ccc(S(=O)(=O)[N-]C(c2ccccc2)C([NH-])c2ccccc2)cc1.[Cl-].[Ru+3]. The van der Waals surface area contributed by atoms with Gasteiger partial charge in [0, 0.05) is 10.5 Å². The number of hydrogen-bond acceptors (Lipinski definition) is 2. The molecule has 0 saturated heterocycles. The molecule has 1 aliphatic rings. The second kappa shape index (κ2) is 15.7. The molecule has 0 aromatic heterocycles. The van der Waals surface area contributed by atoms with E-state index in [4.69, 9.17) is 5.73 Å². The summed E-state index contributed by atoms with van der Waals surface area (Å²) < 4.78 is 29.8. The number of nitrogens with zero attached hydrogens (tertiary/aromatic N) is 1. The summed E-state index contributed by atoms with van der Waals surface area (Å²) in [6.07, 6.45) is 0. The van der Waals surface area contributed by atoms with Gasteiger partial charge in [-0.1, -0.05) is 127 Å². The maximum absolute atomic E-state index is 12.8. The molecular formula is C31H30ClN2O2RuS.